The number of ether oxygens (including phenoxy) is 2. The van der Waals surface area contributed by atoms with Crippen LogP contribution in [0, 0.1) is 0 Å². The van der Waals surface area contributed by atoms with Gasteiger partial charge in [-0.05, 0) is 32.0 Å². The second-order valence-electron chi connectivity index (χ2n) is 5.18. The predicted octanol–water partition coefficient (Wildman–Crippen LogP) is 3.46. The molecule has 1 aromatic carbocycles. The van der Waals surface area contributed by atoms with E-state index in [0.717, 1.165) is 7.11 Å². The lowest BCUT2D eigenvalue weighted by Crippen LogP contribution is -2.44. The molecule has 5 nitrogen and oxygen atoms in total. The first-order valence-electron chi connectivity index (χ1n) is 6.95. The Morgan fingerprint density at radius 3 is 2.42 bits per heavy atom. The van der Waals surface area contributed by atoms with Gasteiger partial charge in [0.15, 0.2) is 0 Å². The van der Waals surface area contributed by atoms with Gasteiger partial charge in [0.2, 0.25) is 0 Å². The number of rotatable bonds is 6. The molecule has 0 bridgehead atoms. The molecule has 0 saturated carbocycles. The molecule has 0 radical (unpaired) electrons. The maximum atomic E-state index is 12.6. The Kier molecular flexibility index (Phi) is 7.07. The molecule has 1 aromatic rings. The van der Waals surface area contributed by atoms with E-state index in [0.29, 0.717) is 4.47 Å². The molecule has 0 spiro atoms. The van der Waals surface area contributed by atoms with Crippen molar-refractivity contribution < 1.29 is 32.2 Å². The van der Waals surface area contributed by atoms with Crippen molar-refractivity contribution in [1.82, 2.24) is 5.32 Å². The number of halogens is 4. The molecule has 1 amide bonds. The predicted molar refractivity (Wildman–Crippen MR) is 83.8 cm³/mol. The Morgan fingerprint density at radius 2 is 1.92 bits per heavy atom. The lowest BCUT2D eigenvalue weighted by molar-refractivity contribution is -0.160. The van der Waals surface area contributed by atoms with Crippen molar-refractivity contribution in [3.05, 3.63) is 28.2 Å². The highest BCUT2D eigenvalue weighted by Crippen LogP contribution is 2.26. The molecule has 0 aliphatic rings. The van der Waals surface area contributed by atoms with Crippen LogP contribution in [-0.2, 0) is 9.53 Å². The summed E-state index contributed by atoms with van der Waals surface area (Å²) in [6.45, 7) is 3.48. The summed E-state index contributed by atoms with van der Waals surface area (Å²) in [4.78, 5) is 23.8. The van der Waals surface area contributed by atoms with Gasteiger partial charge >= 0.3 is 12.1 Å². The van der Waals surface area contributed by atoms with Crippen molar-refractivity contribution in [2.45, 2.75) is 38.6 Å². The first kappa shape index (κ1) is 20.3. The number of carbonyl (C=O) groups excluding carboxylic acids is 2. The minimum Gasteiger partial charge on any atom is -0.490 e. The first-order chi connectivity index (χ1) is 11.0. The molecule has 0 saturated heterocycles. The van der Waals surface area contributed by atoms with Crippen molar-refractivity contribution >= 4 is 27.8 Å². The second kappa shape index (κ2) is 8.36. The minimum atomic E-state index is -4.64. The Labute approximate surface area is 145 Å². The maximum absolute atomic E-state index is 12.6. The summed E-state index contributed by atoms with van der Waals surface area (Å²) >= 11 is 3.23. The van der Waals surface area contributed by atoms with Gasteiger partial charge in [-0.3, -0.25) is 4.79 Å². The molecule has 1 rings (SSSR count). The molecule has 9 heteroatoms. The summed E-state index contributed by atoms with van der Waals surface area (Å²) in [5.41, 5.74) is 0.0166. The molecule has 0 aliphatic carbocycles. The molecule has 24 heavy (non-hydrogen) atoms. The summed E-state index contributed by atoms with van der Waals surface area (Å²) < 4.78 is 48.1. The minimum absolute atomic E-state index is 0.0166. The van der Waals surface area contributed by atoms with Crippen LogP contribution in [-0.4, -0.2) is 37.3 Å². The fourth-order valence-electron chi connectivity index (χ4n) is 1.84. The molecule has 134 valence electrons. The highest BCUT2D eigenvalue weighted by atomic mass is 79.9. The maximum Gasteiger partial charge on any atom is 0.391 e. The lowest BCUT2D eigenvalue weighted by Gasteiger charge is -2.19. The molecule has 0 aromatic heterocycles. The van der Waals surface area contributed by atoms with Gasteiger partial charge < -0.3 is 14.8 Å². The van der Waals surface area contributed by atoms with E-state index in [-0.39, 0.29) is 17.4 Å². The Morgan fingerprint density at radius 1 is 1.29 bits per heavy atom. The zero-order valence-corrected chi connectivity index (χ0v) is 14.8. The molecule has 0 aliphatic heterocycles. The van der Waals surface area contributed by atoms with E-state index >= 15 is 0 Å². The number of hydrogen-bond donors (Lipinski definition) is 1. The Bertz CT molecular complexity index is 605. The fraction of sp³-hybridized carbons (Fsp3) is 0.467. The van der Waals surface area contributed by atoms with Crippen LogP contribution in [0.25, 0.3) is 0 Å². The van der Waals surface area contributed by atoms with Gasteiger partial charge in [0.1, 0.15) is 11.8 Å². The van der Waals surface area contributed by atoms with E-state index < -0.39 is 30.5 Å². The Balaban J connectivity index is 3.05. The topological polar surface area (TPSA) is 64.6 Å². The molecule has 0 fully saturated rings. The average Bonchev–Trinajstić information content (AvgIpc) is 2.43. The number of carbonyl (C=O) groups is 2. The van der Waals surface area contributed by atoms with Crippen LogP contribution in [0.5, 0.6) is 5.75 Å². The van der Waals surface area contributed by atoms with Gasteiger partial charge in [-0.2, -0.15) is 13.2 Å². The molecule has 1 unspecified atom stereocenters. The van der Waals surface area contributed by atoms with Crippen LogP contribution in [0.1, 0.15) is 30.6 Å². The summed E-state index contributed by atoms with van der Waals surface area (Å²) in [5, 5.41) is 2.04. The highest BCUT2D eigenvalue weighted by Gasteiger charge is 2.37. The number of alkyl halides is 3. The summed E-state index contributed by atoms with van der Waals surface area (Å²) in [6, 6.07) is 2.61. The van der Waals surface area contributed by atoms with Crippen molar-refractivity contribution in [3.8, 4) is 5.75 Å². The van der Waals surface area contributed by atoms with E-state index in [2.05, 4.69) is 20.7 Å². The van der Waals surface area contributed by atoms with E-state index in [1.807, 2.05) is 5.32 Å². The van der Waals surface area contributed by atoms with Crippen LogP contribution in [0.2, 0.25) is 0 Å². The van der Waals surface area contributed by atoms with Gasteiger partial charge in [0.25, 0.3) is 5.91 Å². The number of nitrogens with one attached hydrogen (secondary N) is 1. The monoisotopic (exact) mass is 411 g/mol. The molecule has 1 N–H and O–H groups in total. The Hall–Kier alpha value is -1.77. The normalized spacial score (nSPS) is 12.7. The zero-order chi connectivity index (χ0) is 18.5. The van der Waals surface area contributed by atoms with Crippen LogP contribution in [0.15, 0.2) is 22.7 Å². The second-order valence-corrected chi connectivity index (χ2v) is 6.09. The third-order valence-corrected chi connectivity index (χ3v) is 3.27. The third kappa shape index (κ3) is 6.38. The fourth-order valence-corrected chi connectivity index (χ4v) is 2.18. The van der Waals surface area contributed by atoms with E-state index in [1.54, 1.807) is 19.9 Å². The molecule has 0 heterocycles. The molecule has 1 atom stereocenters. The van der Waals surface area contributed by atoms with Gasteiger partial charge in [-0.1, -0.05) is 15.9 Å². The van der Waals surface area contributed by atoms with E-state index in [9.17, 15) is 22.8 Å². The van der Waals surface area contributed by atoms with Crippen molar-refractivity contribution in [3.63, 3.8) is 0 Å². The van der Waals surface area contributed by atoms with Crippen molar-refractivity contribution in [2.24, 2.45) is 0 Å². The van der Waals surface area contributed by atoms with Crippen LogP contribution in [0.4, 0.5) is 13.2 Å². The standard InChI is InChI=1S/C15H17BrF3NO4/c1-8(2)24-12-6-9(16)4-5-10(12)13(21)20-11(14(22)23-3)7-15(17,18)19/h4-6,8,11H,7H2,1-3H3,(H,20,21). The van der Waals surface area contributed by atoms with Gasteiger partial charge in [-0.15, -0.1) is 0 Å². The van der Waals surface area contributed by atoms with Gasteiger partial charge in [-0.25, -0.2) is 4.79 Å². The lowest BCUT2D eigenvalue weighted by atomic mass is 10.1. The van der Waals surface area contributed by atoms with Crippen LogP contribution >= 0.6 is 15.9 Å². The smallest absolute Gasteiger partial charge is 0.391 e. The number of benzene rings is 1. The average molecular weight is 412 g/mol. The number of hydrogen-bond acceptors (Lipinski definition) is 4. The number of esters is 1. The summed E-state index contributed by atoms with van der Waals surface area (Å²) in [5.74, 6) is -1.85. The molecular formula is C15H17BrF3NO4. The van der Waals surface area contributed by atoms with Gasteiger partial charge in [0.05, 0.1) is 25.2 Å². The first-order valence-corrected chi connectivity index (χ1v) is 7.74. The quantitative estimate of drug-likeness (QED) is 0.728. The summed E-state index contributed by atoms with van der Waals surface area (Å²) in [6.07, 6.45) is -6.41. The van der Waals surface area contributed by atoms with E-state index in [1.165, 1.54) is 12.1 Å². The van der Waals surface area contributed by atoms with Crippen LogP contribution < -0.4 is 10.1 Å². The largest absolute Gasteiger partial charge is 0.490 e. The van der Waals surface area contributed by atoms with Crippen molar-refractivity contribution in [2.75, 3.05) is 7.11 Å². The van der Waals surface area contributed by atoms with Gasteiger partial charge in [0, 0.05) is 4.47 Å². The number of methoxy groups -OCH3 is 1. The van der Waals surface area contributed by atoms with E-state index in [4.69, 9.17) is 4.74 Å². The SMILES string of the molecule is COC(=O)C(CC(F)(F)F)NC(=O)c1ccc(Br)cc1OC(C)C. The highest BCUT2D eigenvalue weighted by molar-refractivity contribution is 9.10. The summed E-state index contributed by atoms with van der Waals surface area (Å²) in [7, 11) is 0.949. The van der Waals surface area contributed by atoms with Crippen molar-refractivity contribution in [1.29, 1.82) is 0 Å². The van der Waals surface area contributed by atoms with Crippen LogP contribution in [0.3, 0.4) is 0 Å². The zero-order valence-electron chi connectivity index (χ0n) is 13.2. The third-order valence-electron chi connectivity index (χ3n) is 2.78. The number of amides is 1. The molecular weight excluding hydrogens is 395 g/mol.